The van der Waals surface area contributed by atoms with E-state index in [1.807, 2.05) is 26.0 Å². The van der Waals surface area contributed by atoms with Crippen molar-refractivity contribution in [1.82, 2.24) is 5.32 Å². The monoisotopic (exact) mass is 269 g/mol. The Morgan fingerprint density at radius 2 is 1.60 bits per heavy atom. The van der Waals surface area contributed by atoms with Gasteiger partial charge in [0.15, 0.2) is 0 Å². The van der Waals surface area contributed by atoms with E-state index in [1.165, 1.54) is 16.7 Å². The van der Waals surface area contributed by atoms with Gasteiger partial charge in [0.1, 0.15) is 5.75 Å². The number of nitrogens with one attached hydrogen (secondary N) is 1. The molecule has 0 amide bonds. The van der Waals surface area contributed by atoms with E-state index in [1.54, 1.807) is 0 Å². The van der Waals surface area contributed by atoms with Crippen molar-refractivity contribution in [1.29, 1.82) is 0 Å². The number of phenols is 1. The van der Waals surface area contributed by atoms with Gasteiger partial charge in [0, 0.05) is 12.6 Å². The number of aryl methyl sites for hydroxylation is 3. The molecule has 2 rings (SSSR count). The summed E-state index contributed by atoms with van der Waals surface area (Å²) in [5, 5.41) is 13.4. The number of phenolic OH excluding ortho intramolecular Hbond substituents is 1. The fraction of sp³-hybridized carbons (Fsp3) is 0.333. The summed E-state index contributed by atoms with van der Waals surface area (Å²) in [6, 6.07) is 12.8. The largest absolute Gasteiger partial charge is 0.507 e. The highest BCUT2D eigenvalue weighted by Crippen LogP contribution is 2.23. The van der Waals surface area contributed by atoms with E-state index in [2.05, 4.69) is 43.4 Å². The van der Waals surface area contributed by atoms with Gasteiger partial charge in [0.05, 0.1) is 0 Å². The Labute approximate surface area is 121 Å². The summed E-state index contributed by atoms with van der Waals surface area (Å²) < 4.78 is 0. The fourth-order valence-corrected chi connectivity index (χ4v) is 2.60. The molecule has 0 saturated carbocycles. The SMILES string of the molecule is Cc1ccccc1C(C)NCc1cc(C)c(O)c(C)c1. The lowest BCUT2D eigenvalue weighted by Crippen LogP contribution is -2.19. The molecule has 0 aliphatic rings. The van der Waals surface area contributed by atoms with Gasteiger partial charge in [-0.05, 0) is 55.5 Å². The maximum atomic E-state index is 9.80. The molecular weight excluding hydrogens is 246 g/mol. The maximum absolute atomic E-state index is 9.80. The second kappa shape index (κ2) is 6.10. The molecule has 2 nitrogen and oxygen atoms in total. The van der Waals surface area contributed by atoms with Crippen LogP contribution in [0.4, 0.5) is 0 Å². The first-order chi connectivity index (χ1) is 9.49. The predicted molar refractivity (Wildman–Crippen MR) is 84.0 cm³/mol. The minimum atomic E-state index is 0.311. The van der Waals surface area contributed by atoms with Crippen LogP contribution < -0.4 is 5.32 Å². The van der Waals surface area contributed by atoms with Crippen molar-refractivity contribution in [3.63, 3.8) is 0 Å². The minimum absolute atomic E-state index is 0.311. The Balaban J connectivity index is 2.07. The van der Waals surface area contributed by atoms with E-state index in [4.69, 9.17) is 0 Å². The van der Waals surface area contributed by atoms with Crippen LogP contribution in [0.1, 0.15) is 40.8 Å². The Bertz CT molecular complexity index is 581. The molecule has 2 heteroatoms. The zero-order chi connectivity index (χ0) is 14.7. The molecule has 0 heterocycles. The Kier molecular flexibility index (Phi) is 4.46. The lowest BCUT2D eigenvalue weighted by atomic mass is 10.0. The van der Waals surface area contributed by atoms with Gasteiger partial charge in [0.2, 0.25) is 0 Å². The lowest BCUT2D eigenvalue weighted by molar-refractivity contribution is 0.466. The van der Waals surface area contributed by atoms with Gasteiger partial charge < -0.3 is 10.4 Å². The van der Waals surface area contributed by atoms with Crippen LogP contribution in [0.3, 0.4) is 0 Å². The molecule has 1 atom stereocenters. The van der Waals surface area contributed by atoms with Crippen molar-refractivity contribution < 1.29 is 5.11 Å². The van der Waals surface area contributed by atoms with E-state index in [0.29, 0.717) is 11.8 Å². The molecule has 0 fully saturated rings. The third-order valence-electron chi connectivity index (χ3n) is 3.82. The van der Waals surface area contributed by atoms with Gasteiger partial charge in [0.25, 0.3) is 0 Å². The van der Waals surface area contributed by atoms with Crippen LogP contribution in [-0.2, 0) is 6.54 Å². The molecule has 20 heavy (non-hydrogen) atoms. The fourth-order valence-electron chi connectivity index (χ4n) is 2.60. The second-order valence-corrected chi connectivity index (χ2v) is 5.54. The summed E-state index contributed by atoms with van der Waals surface area (Å²) in [5.41, 5.74) is 5.72. The normalized spacial score (nSPS) is 12.4. The van der Waals surface area contributed by atoms with Crippen molar-refractivity contribution in [3.8, 4) is 5.75 Å². The van der Waals surface area contributed by atoms with E-state index in [-0.39, 0.29) is 0 Å². The predicted octanol–water partition coefficient (Wildman–Crippen LogP) is 4.17. The van der Waals surface area contributed by atoms with Gasteiger partial charge in [-0.25, -0.2) is 0 Å². The van der Waals surface area contributed by atoms with Crippen LogP contribution in [0.25, 0.3) is 0 Å². The Morgan fingerprint density at radius 1 is 1.00 bits per heavy atom. The highest BCUT2D eigenvalue weighted by Gasteiger charge is 2.08. The first-order valence-corrected chi connectivity index (χ1v) is 7.07. The van der Waals surface area contributed by atoms with E-state index < -0.39 is 0 Å². The summed E-state index contributed by atoms with van der Waals surface area (Å²) in [6.45, 7) is 9.01. The topological polar surface area (TPSA) is 32.3 Å². The van der Waals surface area contributed by atoms with Gasteiger partial charge in [-0.2, -0.15) is 0 Å². The zero-order valence-corrected chi connectivity index (χ0v) is 12.7. The molecule has 2 aromatic carbocycles. The van der Waals surface area contributed by atoms with E-state index >= 15 is 0 Å². The number of aromatic hydroxyl groups is 1. The minimum Gasteiger partial charge on any atom is -0.507 e. The second-order valence-electron chi connectivity index (χ2n) is 5.54. The van der Waals surface area contributed by atoms with Gasteiger partial charge in [-0.3, -0.25) is 0 Å². The van der Waals surface area contributed by atoms with Crippen molar-refractivity contribution in [2.75, 3.05) is 0 Å². The summed E-state index contributed by atoms with van der Waals surface area (Å²) in [7, 11) is 0. The number of hydrogen-bond acceptors (Lipinski definition) is 2. The molecule has 2 N–H and O–H groups in total. The number of rotatable bonds is 4. The summed E-state index contributed by atoms with van der Waals surface area (Å²) in [4.78, 5) is 0. The summed E-state index contributed by atoms with van der Waals surface area (Å²) in [6.07, 6.45) is 0. The molecule has 0 spiro atoms. The highest BCUT2D eigenvalue weighted by molar-refractivity contribution is 5.42. The van der Waals surface area contributed by atoms with Crippen molar-refractivity contribution in [3.05, 3.63) is 64.2 Å². The van der Waals surface area contributed by atoms with Crippen LogP contribution in [-0.4, -0.2) is 5.11 Å². The highest BCUT2D eigenvalue weighted by atomic mass is 16.3. The first-order valence-electron chi connectivity index (χ1n) is 7.07. The zero-order valence-electron chi connectivity index (χ0n) is 12.7. The number of hydrogen-bond donors (Lipinski definition) is 2. The molecule has 0 saturated heterocycles. The molecule has 1 unspecified atom stereocenters. The third kappa shape index (κ3) is 3.20. The maximum Gasteiger partial charge on any atom is 0.121 e. The van der Waals surface area contributed by atoms with Crippen molar-refractivity contribution in [2.24, 2.45) is 0 Å². The average Bonchev–Trinajstić information content (AvgIpc) is 2.42. The van der Waals surface area contributed by atoms with Crippen LogP contribution in [0, 0.1) is 20.8 Å². The Morgan fingerprint density at radius 3 is 2.20 bits per heavy atom. The average molecular weight is 269 g/mol. The molecule has 2 aromatic rings. The van der Waals surface area contributed by atoms with Gasteiger partial charge in [-0.15, -0.1) is 0 Å². The molecule has 0 aromatic heterocycles. The third-order valence-corrected chi connectivity index (χ3v) is 3.82. The molecule has 0 radical (unpaired) electrons. The quantitative estimate of drug-likeness (QED) is 0.873. The molecule has 0 aliphatic carbocycles. The van der Waals surface area contributed by atoms with Crippen LogP contribution >= 0.6 is 0 Å². The lowest BCUT2D eigenvalue weighted by Gasteiger charge is -2.17. The first kappa shape index (κ1) is 14.6. The van der Waals surface area contributed by atoms with Crippen LogP contribution in [0.2, 0.25) is 0 Å². The van der Waals surface area contributed by atoms with Crippen LogP contribution in [0.5, 0.6) is 5.75 Å². The van der Waals surface area contributed by atoms with Crippen molar-refractivity contribution in [2.45, 2.75) is 40.3 Å². The molecule has 0 aliphatic heterocycles. The smallest absolute Gasteiger partial charge is 0.121 e. The summed E-state index contributed by atoms with van der Waals surface area (Å²) in [5.74, 6) is 0.403. The van der Waals surface area contributed by atoms with Crippen molar-refractivity contribution >= 4 is 0 Å². The standard InChI is InChI=1S/C18H23NO/c1-12-7-5-6-8-17(12)15(4)19-11-16-9-13(2)18(20)14(3)10-16/h5-10,15,19-20H,11H2,1-4H3. The van der Waals surface area contributed by atoms with Crippen LogP contribution in [0.15, 0.2) is 36.4 Å². The summed E-state index contributed by atoms with van der Waals surface area (Å²) >= 11 is 0. The molecular formula is C18H23NO. The van der Waals surface area contributed by atoms with Gasteiger partial charge in [-0.1, -0.05) is 36.4 Å². The van der Waals surface area contributed by atoms with E-state index in [9.17, 15) is 5.11 Å². The molecule has 106 valence electrons. The molecule has 0 bridgehead atoms. The number of benzene rings is 2. The Hall–Kier alpha value is -1.80. The van der Waals surface area contributed by atoms with E-state index in [0.717, 1.165) is 17.7 Å². The van der Waals surface area contributed by atoms with Gasteiger partial charge >= 0.3 is 0 Å².